The standard InChI is InChI=1S/C11H18N2O2S/c1-8-4-5-10(13-7-8)6-11(12)9(2)16(3,14)15/h4-5,7,9,11H,6,12H2,1-3H3. The van der Waals surface area contributed by atoms with Crippen LogP contribution in [-0.4, -0.2) is 30.9 Å². The van der Waals surface area contributed by atoms with Crippen molar-refractivity contribution in [3.8, 4) is 0 Å². The molecule has 0 saturated heterocycles. The molecule has 0 saturated carbocycles. The van der Waals surface area contributed by atoms with Crippen molar-refractivity contribution >= 4 is 9.84 Å². The van der Waals surface area contributed by atoms with Gasteiger partial charge >= 0.3 is 0 Å². The predicted octanol–water partition coefficient (Wildman–Crippen LogP) is 0.693. The fourth-order valence-electron chi connectivity index (χ4n) is 1.34. The summed E-state index contributed by atoms with van der Waals surface area (Å²) in [4.78, 5) is 4.21. The van der Waals surface area contributed by atoms with Gasteiger partial charge in [0.25, 0.3) is 0 Å². The Balaban J connectivity index is 2.71. The molecule has 0 fully saturated rings. The zero-order valence-corrected chi connectivity index (χ0v) is 10.7. The number of hydrogen-bond acceptors (Lipinski definition) is 4. The maximum absolute atomic E-state index is 11.3. The van der Waals surface area contributed by atoms with Crippen LogP contribution in [0.5, 0.6) is 0 Å². The van der Waals surface area contributed by atoms with Crippen molar-refractivity contribution in [2.75, 3.05) is 6.26 Å². The molecule has 5 heteroatoms. The van der Waals surface area contributed by atoms with Gasteiger partial charge in [-0.3, -0.25) is 4.98 Å². The maximum atomic E-state index is 11.3. The second-order valence-corrected chi connectivity index (χ2v) is 6.63. The molecule has 0 aromatic carbocycles. The largest absolute Gasteiger partial charge is 0.326 e. The second kappa shape index (κ2) is 4.93. The summed E-state index contributed by atoms with van der Waals surface area (Å²) in [5.74, 6) is 0. The molecule has 2 unspecified atom stereocenters. The van der Waals surface area contributed by atoms with Gasteiger partial charge in [-0.25, -0.2) is 8.42 Å². The highest BCUT2D eigenvalue weighted by Crippen LogP contribution is 2.08. The first-order chi connectivity index (χ1) is 7.30. The van der Waals surface area contributed by atoms with E-state index in [9.17, 15) is 8.42 Å². The first kappa shape index (κ1) is 13.1. The topological polar surface area (TPSA) is 73.1 Å². The summed E-state index contributed by atoms with van der Waals surface area (Å²) in [6.07, 6.45) is 3.45. The summed E-state index contributed by atoms with van der Waals surface area (Å²) in [5, 5.41) is -0.546. The Morgan fingerprint density at radius 2 is 2.06 bits per heavy atom. The van der Waals surface area contributed by atoms with Crippen LogP contribution >= 0.6 is 0 Å². The lowest BCUT2D eigenvalue weighted by Crippen LogP contribution is -2.39. The van der Waals surface area contributed by atoms with Crippen molar-refractivity contribution in [1.82, 2.24) is 4.98 Å². The van der Waals surface area contributed by atoms with Crippen molar-refractivity contribution in [1.29, 1.82) is 0 Å². The average Bonchev–Trinajstić information content (AvgIpc) is 2.19. The van der Waals surface area contributed by atoms with E-state index in [1.807, 2.05) is 19.1 Å². The number of pyridine rings is 1. The molecule has 4 nitrogen and oxygen atoms in total. The second-order valence-electron chi connectivity index (χ2n) is 4.23. The van der Waals surface area contributed by atoms with E-state index in [1.165, 1.54) is 6.26 Å². The van der Waals surface area contributed by atoms with Crippen molar-refractivity contribution in [2.45, 2.75) is 31.6 Å². The van der Waals surface area contributed by atoms with Gasteiger partial charge in [-0.05, 0) is 25.5 Å². The Hall–Kier alpha value is -0.940. The molecule has 1 heterocycles. The molecule has 90 valence electrons. The summed E-state index contributed by atoms with van der Waals surface area (Å²) in [5.41, 5.74) is 7.76. The average molecular weight is 242 g/mol. The summed E-state index contributed by atoms with van der Waals surface area (Å²) >= 11 is 0. The normalized spacial score (nSPS) is 15.8. The van der Waals surface area contributed by atoms with Crippen LogP contribution in [0.1, 0.15) is 18.2 Å². The Labute approximate surface area is 96.8 Å². The van der Waals surface area contributed by atoms with E-state index in [4.69, 9.17) is 5.73 Å². The Bertz CT molecular complexity index is 440. The summed E-state index contributed by atoms with van der Waals surface area (Å²) in [6, 6.07) is 3.41. The zero-order valence-electron chi connectivity index (χ0n) is 9.84. The smallest absolute Gasteiger partial charge is 0.151 e. The van der Waals surface area contributed by atoms with Crippen molar-refractivity contribution < 1.29 is 8.42 Å². The van der Waals surface area contributed by atoms with E-state index in [-0.39, 0.29) is 0 Å². The quantitative estimate of drug-likeness (QED) is 0.843. The van der Waals surface area contributed by atoms with Crippen molar-refractivity contribution in [3.63, 3.8) is 0 Å². The molecule has 0 aliphatic carbocycles. The molecule has 16 heavy (non-hydrogen) atoms. The van der Waals surface area contributed by atoms with Crippen LogP contribution in [-0.2, 0) is 16.3 Å². The fraction of sp³-hybridized carbons (Fsp3) is 0.545. The van der Waals surface area contributed by atoms with E-state index in [0.717, 1.165) is 11.3 Å². The van der Waals surface area contributed by atoms with E-state index < -0.39 is 21.1 Å². The molecular formula is C11H18N2O2S. The molecule has 0 radical (unpaired) electrons. The molecule has 0 bridgehead atoms. The highest BCUT2D eigenvalue weighted by atomic mass is 32.2. The Morgan fingerprint density at radius 3 is 2.50 bits per heavy atom. The summed E-state index contributed by atoms with van der Waals surface area (Å²) < 4.78 is 22.6. The van der Waals surface area contributed by atoms with Crippen molar-refractivity contribution in [2.24, 2.45) is 5.73 Å². The number of aryl methyl sites for hydroxylation is 1. The van der Waals surface area contributed by atoms with Crippen LogP contribution < -0.4 is 5.73 Å². The lowest BCUT2D eigenvalue weighted by molar-refractivity contribution is 0.560. The minimum atomic E-state index is -3.08. The molecule has 0 amide bonds. The van der Waals surface area contributed by atoms with Gasteiger partial charge in [0.2, 0.25) is 0 Å². The molecular weight excluding hydrogens is 224 g/mol. The Morgan fingerprint density at radius 1 is 1.44 bits per heavy atom. The van der Waals surface area contributed by atoms with Gasteiger partial charge in [0.1, 0.15) is 0 Å². The SMILES string of the molecule is Cc1ccc(CC(N)C(C)S(C)(=O)=O)nc1. The Kier molecular flexibility index (Phi) is 4.04. The monoisotopic (exact) mass is 242 g/mol. The van der Waals surface area contributed by atoms with E-state index in [2.05, 4.69) is 4.98 Å². The van der Waals surface area contributed by atoms with Crippen LogP contribution in [0.2, 0.25) is 0 Å². The predicted molar refractivity (Wildman–Crippen MR) is 65.0 cm³/mol. The third-order valence-electron chi connectivity index (χ3n) is 2.70. The molecule has 0 spiro atoms. The fourth-order valence-corrected chi connectivity index (χ4v) is 2.08. The maximum Gasteiger partial charge on any atom is 0.151 e. The summed E-state index contributed by atoms with van der Waals surface area (Å²) in [7, 11) is -3.08. The van der Waals surface area contributed by atoms with Crippen LogP contribution in [0.4, 0.5) is 0 Å². The van der Waals surface area contributed by atoms with E-state index in [1.54, 1.807) is 13.1 Å². The highest BCUT2D eigenvalue weighted by molar-refractivity contribution is 7.91. The number of aromatic nitrogens is 1. The minimum absolute atomic E-state index is 0.412. The number of nitrogens with zero attached hydrogens (tertiary/aromatic N) is 1. The van der Waals surface area contributed by atoms with E-state index in [0.29, 0.717) is 6.42 Å². The van der Waals surface area contributed by atoms with Crippen LogP contribution in [0.15, 0.2) is 18.3 Å². The number of nitrogens with two attached hydrogens (primary N) is 1. The van der Waals surface area contributed by atoms with Gasteiger partial charge in [0, 0.05) is 30.6 Å². The molecule has 1 aromatic rings. The molecule has 0 aliphatic heterocycles. The minimum Gasteiger partial charge on any atom is -0.326 e. The first-order valence-electron chi connectivity index (χ1n) is 5.16. The summed E-state index contributed by atoms with van der Waals surface area (Å²) in [6.45, 7) is 3.59. The van der Waals surface area contributed by atoms with Crippen LogP contribution in [0, 0.1) is 6.92 Å². The van der Waals surface area contributed by atoms with Crippen molar-refractivity contribution in [3.05, 3.63) is 29.6 Å². The zero-order chi connectivity index (χ0) is 12.3. The van der Waals surface area contributed by atoms with Crippen LogP contribution in [0.25, 0.3) is 0 Å². The van der Waals surface area contributed by atoms with Gasteiger partial charge < -0.3 is 5.73 Å². The lowest BCUT2D eigenvalue weighted by Gasteiger charge is -2.17. The number of hydrogen-bond donors (Lipinski definition) is 1. The lowest BCUT2D eigenvalue weighted by atomic mass is 10.1. The van der Waals surface area contributed by atoms with Gasteiger partial charge in [-0.1, -0.05) is 6.07 Å². The molecule has 2 atom stereocenters. The van der Waals surface area contributed by atoms with Gasteiger partial charge in [-0.2, -0.15) is 0 Å². The molecule has 1 rings (SSSR count). The highest BCUT2D eigenvalue weighted by Gasteiger charge is 2.23. The first-order valence-corrected chi connectivity index (χ1v) is 7.12. The molecule has 2 N–H and O–H groups in total. The van der Waals surface area contributed by atoms with Gasteiger partial charge in [0.15, 0.2) is 9.84 Å². The van der Waals surface area contributed by atoms with E-state index >= 15 is 0 Å². The van der Waals surface area contributed by atoms with Gasteiger partial charge in [0.05, 0.1) is 5.25 Å². The molecule has 1 aromatic heterocycles. The third kappa shape index (κ3) is 3.57. The van der Waals surface area contributed by atoms with Gasteiger partial charge in [-0.15, -0.1) is 0 Å². The third-order valence-corrected chi connectivity index (χ3v) is 4.40. The number of sulfone groups is 1. The van der Waals surface area contributed by atoms with Crippen LogP contribution in [0.3, 0.4) is 0 Å². The molecule has 0 aliphatic rings. The number of rotatable bonds is 4.